The highest BCUT2D eigenvalue weighted by Crippen LogP contribution is 2.21. The Morgan fingerprint density at radius 1 is 0.900 bits per heavy atom. The predicted molar refractivity (Wildman–Crippen MR) is 121 cm³/mol. The quantitative estimate of drug-likeness (QED) is 0.576. The summed E-state index contributed by atoms with van der Waals surface area (Å²) in [6.45, 7) is 8.47. The van der Waals surface area contributed by atoms with Crippen LogP contribution < -0.4 is 10.6 Å². The Morgan fingerprint density at radius 2 is 1.50 bits per heavy atom. The zero-order valence-corrected chi connectivity index (χ0v) is 19.1. The van der Waals surface area contributed by atoms with Gasteiger partial charge in [0.15, 0.2) is 0 Å². The van der Waals surface area contributed by atoms with Crippen LogP contribution in [0.25, 0.3) is 0 Å². The van der Waals surface area contributed by atoms with Gasteiger partial charge in [0.05, 0.1) is 17.0 Å². The normalized spacial score (nSPS) is 13.6. The second kappa shape index (κ2) is 11.1. The minimum atomic E-state index is -3.49. The number of rotatable bonds is 10. The van der Waals surface area contributed by atoms with E-state index in [0.717, 1.165) is 24.0 Å². The number of urea groups is 1. The standard InChI is InChI=1S/C23H33N3O3S/c1-5-11-22(20-12-9-8-10-13-20)25-23(27)24-18(4)19-14-16-21(17-15-19)30(28,29)26(6-2)7-3/h8-10,12-18,22H,5-7,11H2,1-4H3,(H2,24,25,27). The van der Waals surface area contributed by atoms with Crippen molar-refractivity contribution in [3.05, 3.63) is 65.7 Å². The van der Waals surface area contributed by atoms with E-state index in [1.165, 1.54) is 4.31 Å². The lowest BCUT2D eigenvalue weighted by Gasteiger charge is -2.22. The molecule has 2 aromatic rings. The predicted octanol–water partition coefficient (Wildman–Crippen LogP) is 4.62. The minimum Gasteiger partial charge on any atom is -0.332 e. The highest BCUT2D eigenvalue weighted by molar-refractivity contribution is 7.89. The van der Waals surface area contributed by atoms with Crippen LogP contribution in [0.2, 0.25) is 0 Å². The molecule has 2 aromatic carbocycles. The summed E-state index contributed by atoms with van der Waals surface area (Å²) < 4.78 is 26.7. The van der Waals surface area contributed by atoms with Crippen molar-refractivity contribution in [1.29, 1.82) is 0 Å². The van der Waals surface area contributed by atoms with Gasteiger partial charge in [0, 0.05) is 13.1 Å². The van der Waals surface area contributed by atoms with Crippen molar-refractivity contribution in [1.82, 2.24) is 14.9 Å². The molecule has 0 radical (unpaired) electrons. The van der Waals surface area contributed by atoms with E-state index in [9.17, 15) is 13.2 Å². The van der Waals surface area contributed by atoms with Gasteiger partial charge in [-0.05, 0) is 36.6 Å². The number of benzene rings is 2. The Balaban J connectivity index is 2.04. The van der Waals surface area contributed by atoms with E-state index in [1.807, 2.05) is 51.1 Å². The summed E-state index contributed by atoms with van der Waals surface area (Å²) in [5.41, 5.74) is 1.92. The van der Waals surface area contributed by atoms with E-state index in [2.05, 4.69) is 17.6 Å². The smallest absolute Gasteiger partial charge is 0.315 e. The first-order valence-electron chi connectivity index (χ1n) is 10.6. The summed E-state index contributed by atoms with van der Waals surface area (Å²) in [4.78, 5) is 12.8. The molecule has 0 saturated heterocycles. The van der Waals surface area contributed by atoms with Crippen molar-refractivity contribution < 1.29 is 13.2 Å². The lowest BCUT2D eigenvalue weighted by Crippen LogP contribution is -2.39. The Morgan fingerprint density at radius 3 is 2.03 bits per heavy atom. The Hall–Kier alpha value is -2.38. The molecule has 0 aliphatic heterocycles. The molecule has 2 N–H and O–H groups in total. The minimum absolute atomic E-state index is 0.0509. The van der Waals surface area contributed by atoms with Gasteiger partial charge in [0.2, 0.25) is 10.0 Å². The van der Waals surface area contributed by atoms with Crippen molar-refractivity contribution >= 4 is 16.1 Å². The third-order valence-corrected chi connectivity index (χ3v) is 7.22. The van der Waals surface area contributed by atoms with Gasteiger partial charge in [0.1, 0.15) is 0 Å². The van der Waals surface area contributed by atoms with Gasteiger partial charge in [-0.15, -0.1) is 0 Å². The number of nitrogens with one attached hydrogen (secondary N) is 2. The van der Waals surface area contributed by atoms with Crippen molar-refractivity contribution in [2.24, 2.45) is 0 Å². The van der Waals surface area contributed by atoms with Crippen LogP contribution in [0.4, 0.5) is 4.79 Å². The molecule has 0 heterocycles. The van der Waals surface area contributed by atoms with Crippen LogP contribution in [-0.2, 0) is 10.0 Å². The van der Waals surface area contributed by atoms with Gasteiger partial charge in [0.25, 0.3) is 0 Å². The number of carbonyl (C=O) groups is 1. The topological polar surface area (TPSA) is 78.5 Å². The number of carbonyl (C=O) groups excluding carboxylic acids is 1. The summed E-state index contributed by atoms with van der Waals surface area (Å²) in [5.74, 6) is 0. The van der Waals surface area contributed by atoms with Crippen molar-refractivity contribution in [2.45, 2.75) is 57.5 Å². The Bertz CT molecular complexity index is 895. The van der Waals surface area contributed by atoms with Gasteiger partial charge >= 0.3 is 6.03 Å². The van der Waals surface area contributed by atoms with E-state index in [4.69, 9.17) is 0 Å². The molecule has 6 nitrogen and oxygen atoms in total. The zero-order chi connectivity index (χ0) is 22.1. The molecule has 0 aliphatic rings. The maximum Gasteiger partial charge on any atom is 0.315 e. The zero-order valence-electron chi connectivity index (χ0n) is 18.3. The summed E-state index contributed by atoms with van der Waals surface area (Å²) in [6.07, 6.45) is 1.81. The molecule has 0 bridgehead atoms. The fourth-order valence-corrected chi connectivity index (χ4v) is 4.88. The first-order chi connectivity index (χ1) is 14.3. The fraction of sp³-hybridized carbons (Fsp3) is 0.435. The summed E-state index contributed by atoms with van der Waals surface area (Å²) >= 11 is 0. The largest absolute Gasteiger partial charge is 0.332 e. The fourth-order valence-electron chi connectivity index (χ4n) is 3.42. The highest BCUT2D eigenvalue weighted by Gasteiger charge is 2.22. The van der Waals surface area contributed by atoms with Gasteiger partial charge in [-0.3, -0.25) is 0 Å². The van der Waals surface area contributed by atoms with Gasteiger partial charge in [-0.25, -0.2) is 13.2 Å². The highest BCUT2D eigenvalue weighted by atomic mass is 32.2. The monoisotopic (exact) mass is 431 g/mol. The Labute approximate surface area is 180 Å². The maximum atomic E-state index is 12.6. The molecule has 164 valence electrons. The van der Waals surface area contributed by atoms with Crippen molar-refractivity contribution in [3.63, 3.8) is 0 Å². The van der Waals surface area contributed by atoms with Crippen LogP contribution in [-0.4, -0.2) is 31.8 Å². The number of hydrogen-bond acceptors (Lipinski definition) is 3. The molecule has 0 saturated carbocycles. The molecule has 2 rings (SSSR count). The SMILES string of the molecule is CCCC(NC(=O)NC(C)c1ccc(S(=O)(=O)N(CC)CC)cc1)c1ccccc1. The second-order valence-electron chi connectivity index (χ2n) is 7.25. The first kappa shape index (κ1) is 23.9. The van der Waals surface area contributed by atoms with Crippen molar-refractivity contribution in [3.8, 4) is 0 Å². The first-order valence-corrected chi connectivity index (χ1v) is 12.0. The molecule has 0 spiro atoms. The number of hydrogen-bond donors (Lipinski definition) is 2. The van der Waals surface area contributed by atoms with Crippen LogP contribution in [0.15, 0.2) is 59.5 Å². The average Bonchev–Trinajstić information content (AvgIpc) is 2.74. The molecule has 2 amide bonds. The van der Waals surface area contributed by atoms with E-state index in [-0.39, 0.29) is 23.0 Å². The molecular formula is C23H33N3O3S. The third-order valence-electron chi connectivity index (χ3n) is 5.16. The van der Waals surface area contributed by atoms with Crippen LogP contribution >= 0.6 is 0 Å². The third kappa shape index (κ3) is 6.06. The molecule has 0 aliphatic carbocycles. The molecular weight excluding hydrogens is 398 g/mol. The van der Waals surface area contributed by atoms with E-state index in [0.29, 0.717) is 13.1 Å². The van der Waals surface area contributed by atoms with Crippen molar-refractivity contribution in [2.75, 3.05) is 13.1 Å². The maximum absolute atomic E-state index is 12.6. The summed E-state index contributed by atoms with van der Waals surface area (Å²) in [6, 6.07) is 16.1. The van der Waals surface area contributed by atoms with Gasteiger partial charge < -0.3 is 10.6 Å². The number of amides is 2. The summed E-state index contributed by atoms with van der Waals surface area (Å²) in [7, 11) is -3.49. The molecule has 2 atom stereocenters. The van der Waals surface area contributed by atoms with Crippen LogP contribution in [0.3, 0.4) is 0 Å². The number of sulfonamides is 1. The van der Waals surface area contributed by atoms with Gasteiger partial charge in [-0.2, -0.15) is 4.31 Å². The lowest BCUT2D eigenvalue weighted by atomic mass is 10.0. The molecule has 2 unspecified atom stereocenters. The summed E-state index contributed by atoms with van der Waals surface area (Å²) in [5, 5.41) is 6.00. The Kier molecular flexibility index (Phi) is 8.87. The lowest BCUT2D eigenvalue weighted by molar-refractivity contribution is 0.233. The van der Waals surface area contributed by atoms with Crippen LogP contribution in [0.5, 0.6) is 0 Å². The average molecular weight is 432 g/mol. The van der Waals surface area contributed by atoms with E-state index < -0.39 is 10.0 Å². The van der Waals surface area contributed by atoms with Gasteiger partial charge in [-0.1, -0.05) is 69.7 Å². The molecule has 7 heteroatoms. The second-order valence-corrected chi connectivity index (χ2v) is 9.19. The van der Waals surface area contributed by atoms with E-state index in [1.54, 1.807) is 24.3 Å². The molecule has 0 aromatic heterocycles. The number of nitrogens with zero attached hydrogens (tertiary/aromatic N) is 1. The van der Waals surface area contributed by atoms with E-state index >= 15 is 0 Å². The molecule has 30 heavy (non-hydrogen) atoms. The van der Waals surface area contributed by atoms with Crippen LogP contribution in [0.1, 0.15) is 63.7 Å². The van der Waals surface area contributed by atoms with Crippen LogP contribution in [0, 0.1) is 0 Å². The molecule has 0 fully saturated rings.